The molecule has 1 atom stereocenters. The summed E-state index contributed by atoms with van der Waals surface area (Å²) in [5.74, 6) is -1.93. The molecule has 7 heteroatoms. The van der Waals surface area contributed by atoms with Gasteiger partial charge in [0, 0.05) is 18.2 Å². The molecule has 112 valence electrons. The van der Waals surface area contributed by atoms with Crippen molar-refractivity contribution in [3.8, 4) is 0 Å². The average Bonchev–Trinajstić information content (AvgIpc) is 2.42. The summed E-state index contributed by atoms with van der Waals surface area (Å²) in [6.07, 6.45) is 2.54. The number of nitrogens with zero attached hydrogens (tertiary/aromatic N) is 1. The Kier molecular flexibility index (Phi) is 5.59. The number of amides is 1. The molecule has 7 nitrogen and oxygen atoms in total. The van der Waals surface area contributed by atoms with Gasteiger partial charge in [0.25, 0.3) is 5.69 Å². The van der Waals surface area contributed by atoms with Crippen molar-refractivity contribution in [1.82, 2.24) is 5.32 Å². The van der Waals surface area contributed by atoms with Crippen LogP contribution in [0.5, 0.6) is 0 Å². The quantitative estimate of drug-likeness (QED) is 0.472. The van der Waals surface area contributed by atoms with E-state index in [1.165, 1.54) is 24.3 Å². The second-order valence-corrected chi connectivity index (χ2v) is 4.75. The maximum absolute atomic E-state index is 11.7. The molecule has 0 saturated heterocycles. The largest absolute Gasteiger partial charge is 0.480 e. The molecule has 0 saturated carbocycles. The molecule has 1 aromatic rings. The van der Waals surface area contributed by atoms with Crippen molar-refractivity contribution in [1.29, 1.82) is 0 Å². The summed E-state index contributed by atoms with van der Waals surface area (Å²) in [5, 5.41) is 21.9. The highest BCUT2D eigenvalue weighted by Crippen LogP contribution is 2.14. The maximum Gasteiger partial charge on any atom is 0.326 e. The Hall–Kier alpha value is -2.70. The lowest BCUT2D eigenvalue weighted by atomic mass is 10.0. The molecular weight excluding hydrogens is 276 g/mol. The van der Waals surface area contributed by atoms with Crippen molar-refractivity contribution < 1.29 is 19.6 Å². The number of carboxylic acids is 1. The van der Waals surface area contributed by atoms with E-state index in [4.69, 9.17) is 5.11 Å². The predicted molar refractivity (Wildman–Crippen MR) is 76.5 cm³/mol. The third-order valence-electron chi connectivity index (χ3n) is 2.74. The Labute approximate surface area is 121 Å². The highest BCUT2D eigenvalue weighted by atomic mass is 16.6. The Morgan fingerprint density at radius 2 is 2.05 bits per heavy atom. The molecule has 2 N–H and O–H groups in total. The van der Waals surface area contributed by atoms with Gasteiger partial charge in [0.1, 0.15) is 6.04 Å². The minimum atomic E-state index is -1.11. The summed E-state index contributed by atoms with van der Waals surface area (Å²) >= 11 is 0. The molecule has 0 aliphatic heterocycles. The number of carbonyl (C=O) groups excluding carboxylic acids is 1. The van der Waals surface area contributed by atoms with Crippen molar-refractivity contribution in [3.05, 3.63) is 46.0 Å². The second kappa shape index (κ2) is 7.18. The van der Waals surface area contributed by atoms with Gasteiger partial charge in [-0.25, -0.2) is 4.79 Å². The van der Waals surface area contributed by atoms with E-state index in [1.807, 2.05) is 0 Å². The zero-order valence-electron chi connectivity index (χ0n) is 11.6. The van der Waals surface area contributed by atoms with Crippen LogP contribution in [0.1, 0.15) is 19.4 Å². The third kappa shape index (κ3) is 5.06. The van der Waals surface area contributed by atoms with Crippen LogP contribution < -0.4 is 5.32 Å². The molecule has 0 aromatic heterocycles. The number of hydrogen-bond donors (Lipinski definition) is 2. The Morgan fingerprint density at radius 3 is 2.57 bits per heavy atom. The van der Waals surface area contributed by atoms with Gasteiger partial charge in [-0.2, -0.15) is 0 Å². The van der Waals surface area contributed by atoms with Crippen LogP contribution in [0, 0.1) is 16.0 Å². The highest BCUT2D eigenvalue weighted by molar-refractivity contribution is 5.94. The Bertz CT molecular complexity index is 580. The molecule has 0 heterocycles. The highest BCUT2D eigenvalue weighted by Gasteiger charge is 2.22. The van der Waals surface area contributed by atoms with Crippen molar-refractivity contribution in [3.63, 3.8) is 0 Å². The second-order valence-electron chi connectivity index (χ2n) is 4.75. The summed E-state index contributed by atoms with van der Waals surface area (Å²) < 4.78 is 0. The van der Waals surface area contributed by atoms with Gasteiger partial charge >= 0.3 is 5.97 Å². The van der Waals surface area contributed by atoms with Gasteiger partial charge in [-0.3, -0.25) is 14.9 Å². The molecular formula is C14H16N2O5. The fraction of sp³-hybridized carbons (Fsp3) is 0.286. The molecule has 0 aliphatic carbocycles. The number of nitrogens with one attached hydrogen (secondary N) is 1. The van der Waals surface area contributed by atoms with Crippen LogP contribution in [0.25, 0.3) is 6.08 Å². The van der Waals surface area contributed by atoms with Crippen LogP contribution >= 0.6 is 0 Å². The summed E-state index contributed by atoms with van der Waals surface area (Å²) in [5.41, 5.74) is 0.402. The van der Waals surface area contributed by atoms with Crippen molar-refractivity contribution in [2.45, 2.75) is 19.9 Å². The smallest absolute Gasteiger partial charge is 0.326 e. The SMILES string of the molecule is CC(C)[C@@H](NC(=O)C=Cc1cccc([N+](=O)[O-])c1)C(=O)O. The van der Waals surface area contributed by atoms with Crippen LogP contribution in [-0.2, 0) is 9.59 Å². The van der Waals surface area contributed by atoms with E-state index in [9.17, 15) is 19.7 Å². The summed E-state index contributed by atoms with van der Waals surface area (Å²) in [7, 11) is 0. The molecule has 0 bridgehead atoms. The molecule has 21 heavy (non-hydrogen) atoms. The fourth-order valence-electron chi connectivity index (χ4n) is 1.63. The van der Waals surface area contributed by atoms with E-state index in [1.54, 1.807) is 19.9 Å². The first kappa shape index (κ1) is 16.4. The van der Waals surface area contributed by atoms with Crippen LogP contribution in [-0.4, -0.2) is 27.9 Å². The van der Waals surface area contributed by atoms with Gasteiger partial charge in [-0.05, 0) is 17.6 Å². The van der Waals surface area contributed by atoms with Gasteiger partial charge < -0.3 is 10.4 Å². The minimum Gasteiger partial charge on any atom is -0.480 e. The van der Waals surface area contributed by atoms with Crippen LogP contribution in [0.3, 0.4) is 0 Å². The van der Waals surface area contributed by atoms with Crippen LogP contribution in [0.4, 0.5) is 5.69 Å². The number of non-ortho nitro benzene ring substituents is 1. The number of nitro benzene ring substituents is 1. The number of hydrogen-bond acceptors (Lipinski definition) is 4. The van der Waals surface area contributed by atoms with E-state index >= 15 is 0 Å². The topological polar surface area (TPSA) is 110 Å². The summed E-state index contributed by atoms with van der Waals surface area (Å²) in [6.45, 7) is 3.37. The Balaban J connectivity index is 2.76. The lowest BCUT2D eigenvalue weighted by Gasteiger charge is -2.16. The first-order chi connectivity index (χ1) is 9.81. The average molecular weight is 292 g/mol. The first-order valence-corrected chi connectivity index (χ1v) is 6.27. The molecule has 0 spiro atoms. The number of carbonyl (C=O) groups is 2. The molecule has 0 unspecified atom stereocenters. The van der Waals surface area contributed by atoms with E-state index in [0.29, 0.717) is 5.56 Å². The molecule has 1 aromatic carbocycles. The number of benzene rings is 1. The molecule has 1 rings (SSSR count). The molecule has 0 radical (unpaired) electrons. The number of nitro groups is 1. The van der Waals surface area contributed by atoms with Crippen LogP contribution in [0.15, 0.2) is 30.3 Å². The summed E-state index contributed by atoms with van der Waals surface area (Å²) in [4.78, 5) is 32.7. The van der Waals surface area contributed by atoms with Gasteiger partial charge in [-0.1, -0.05) is 26.0 Å². The van der Waals surface area contributed by atoms with E-state index in [0.717, 1.165) is 6.08 Å². The van der Waals surface area contributed by atoms with Gasteiger partial charge in [-0.15, -0.1) is 0 Å². The number of aliphatic carboxylic acids is 1. The minimum absolute atomic E-state index is 0.0804. The Morgan fingerprint density at radius 1 is 1.38 bits per heavy atom. The van der Waals surface area contributed by atoms with Crippen LogP contribution in [0.2, 0.25) is 0 Å². The van der Waals surface area contributed by atoms with Crippen molar-refractivity contribution >= 4 is 23.6 Å². The lowest BCUT2D eigenvalue weighted by molar-refractivity contribution is -0.384. The fourth-order valence-corrected chi connectivity index (χ4v) is 1.63. The first-order valence-electron chi connectivity index (χ1n) is 6.27. The van der Waals surface area contributed by atoms with Crippen molar-refractivity contribution in [2.24, 2.45) is 5.92 Å². The summed E-state index contributed by atoms with van der Waals surface area (Å²) in [6, 6.07) is 4.79. The molecule has 0 fully saturated rings. The normalized spacial score (nSPS) is 12.3. The lowest BCUT2D eigenvalue weighted by Crippen LogP contribution is -2.43. The molecule has 0 aliphatic rings. The maximum atomic E-state index is 11.7. The van der Waals surface area contributed by atoms with E-state index < -0.39 is 22.8 Å². The predicted octanol–water partition coefficient (Wildman–Crippen LogP) is 1.83. The monoisotopic (exact) mass is 292 g/mol. The standard InChI is InChI=1S/C14H16N2O5/c1-9(2)13(14(18)19)15-12(17)7-6-10-4-3-5-11(8-10)16(20)21/h3-9,13H,1-2H3,(H,15,17)(H,18,19)/t13-/m1/s1. The number of rotatable bonds is 6. The zero-order valence-corrected chi connectivity index (χ0v) is 11.6. The van der Waals surface area contributed by atoms with Crippen molar-refractivity contribution in [2.75, 3.05) is 0 Å². The van der Waals surface area contributed by atoms with Gasteiger partial charge in [0.15, 0.2) is 0 Å². The zero-order chi connectivity index (χ0) is 16.0. The van der Waals surface area contributed by atoms with Gasteiger partial charge in [0.2, 0.25) is 5.91 Å². The van der Waals surface area contributed by atoms with Gasteiger partial charge in [0.05, 0.1) is 4.92 Å². The van der Waals surface area contributed by atoms with E-state index in [-0.39, 0.29) is 11.6 Å². The molecule has 1 amide bonds. The number of carboxylic acid groups (broad SMARTS) is 1. The van der Waals surface area contributed by atoms with E-state index in [2.05, 4.69) is 5.32 Å². The third-order valence-corrected chi connectivity index (χ3v) is 2.74.